The highest BCUT2D eigenvalue weighted by Crippen LogP contribution is 2.21. The Morgan fingerprint density at radius 3 is 2.39 bits per heavy atom. The Balaban J connectivity index is 1.62. The molecule has 0 fully saturated rings. The minimum absolute atomic E-state index is 0.250. The van der Waals surface area contributed by atoms with E-state index in [0.717, 1.165) is 11.1 Å². The maximum absolute atomic E-state index is 12.4. The molecule has 2 amide bonds. The summed E-state index contributed by atoms with van der Waals surface area (Å²) in [5.74, 6) is -0.597. The number of nitrogens with zero attached hydrogens (tertiary/aromatic N) is 1. The second-order valence-corrected chi connectivity index (χ2v) is 6.50. The number of nitrogens with two attached hydrogens (primary N) is 1. The van der Waals surface area contributed by atoms with E-state index in [4.69, 9.17) is 17.3 Å². The van der Waals surface area contributed by atoms with Crippen LogP contribution in [0.25, 0.3) is 0 Å². The Morgan fingerprint density at radius 1 is 1.00 bits per heavy atom. The standard InChI is InChI=1S/C21H19ClN4O2/c22-19-10-17(26-20(27)16-2-1-9-24-13-16)7-8-18(19)21(28)25-12-15-5-3-14(11-23)4-6-15/h1-10,13H,11-12,23H2,(H,25,28)(H,26,27). The molecule has 0 atom stereocenters. The van der Waals surface area contributed by atoms with E-state index in [1.807, 2.05) is 24.3 Å². The van der Waals surface area contributed by atoms with E-state index in [1.165, 1.54) is 6.20 Å². The molecule has 28 heavy (non-hydrogen) atoms. The van der Waals surface area contributed by atoms with Crippen LogP contribution in [0.3, 0.4) is 0 Å². The van der Waals surface area contributed by atoms with Gasteiger partial charge in [0.1, 0.15) is 0 Å². The fraction of sp³-hybridized carbons (Fsp3) is 0.0952. The van der Waals surface area contributed by atoms with Crippen molar-refractivity contribution in [3.8, 4) is 0 Å². The van der Waals surface area contributed by atoms with E-state index in [1.54, 1.807) is 36.5 Å². The fourth-order valence-corrected chi connectivity index (χ4v) is 2.81. The van der Waals surface area contributed by atoms with Crippen LogP contribution in [0.5, 0.6) is 0 Å². The smallest absolute Gasteiger partial charge is 0.257 e. The van der Waals surface area contributed by atoms with Crippen molar-refractivity contribution in [1.82, 2.24) is 10.3 Å². The van der Waals surface area contributed by atoms with Gasteiger partial charge in [-0.05, 0) is 41.5 Å². The topological polar surface area (TPSA) is 97.1 Å². The van der Waals surface area contributed by atoms with Gasteiger partial charge in [-0.25, -0.2) is 0 Å². The highest BCUT2D eigenvalue weighted by molar-refractivity contribution is 6.34. The molecule has 1 aromatic heterocycles. The van der Waals surface area contributed by atoms with Crippen molar-refractivity contribution in [2.24, 2.45) is 5.73 Å². The number of pyridine rings is 1. The van der Waals surface area contributed by atoms with Crippen LogP contribution in [0.2, 0.25) is 5.02 Å². The number of carbonyl (C=O) groups is 2. The monoisotopic (exact) mass is 394 g/mol. The molecule has 7 heteroatoms. The molecule has 0 radical (unpaired) electrons. The summed E-state index contributed by atoms with van der Waals surface area (Å²) < 4.78 is 0. The van der Waals surface area contributed by atoms with Gasteiger partial charge in [-0.1, -0.05) is 35.9 Å². The minimum atomic E-state index is -0.303. The average molecular weight is 395 g/mol. The molecule has 0 unspecified atom stereocenters. The minimum Gasteiger partial charge on any atom is -0.348 e. The van der Waals surface area contributed by atoms with Gasteiger partial charge in [-0.2, -0.15) is 0 Å². The van der Waals surface area contributed by atoms with E-state index < -0.39 is 0 Å². The van der Waals surface area contributed by atoms with Gasteiger partial charge in [-0.3, -0.25) is 14.6 Å². The summed E-state index contributed by atoms with van der Waals surface area (Å²) in [5, 5.41) is 5.81. The molecule has 0 aliphatic heterocycles. The van der Waals surface area contributed by atoms with Crippen molar-refractivity contribution in [2.75, 3.05) is 5.32 Å². The first-order chi connectivity index (χ1) is 13.6. The number of hydrogen-bond donors (Lipinski definition) is 3. The molecule has 3 rings (SSSR count). The first kappa shape index (κ1) is 19.5. The largest absolute Gasteiger partial charge is 0.348 e. The summed E-state index contributed by atoms with van der Waals surface area (Å²) in [6.45, 7) is 0.853. The van der Waals surface area contributed by atoms with E-state index in [-0.39, 0.29) is 16.8 Å². The summed E-state index contributed by atoms with van der Waals surface area (Å²) in [6, 6.07) is 15.8. The lowest BCUT2D eigenvalue weighted by atomic mass is 10.1. The van der Waals surface area contributed by atoms with Crippen molar-refractivity contribution in [1.29, 1.82) is 0 Å². The molecule has 0 spiro atoms. The molecule has 0 bridgehead atoms. The Morgan fingerprint density at radius 2 is 1.75 bits per heavy atom. The zero-order valence-corrected chi connectivity index (χ0v) is 15.7. The van der Waals surface area contributed by atoms with Gasteiger partial charge in [0.25, 0.3) is 11.8 Å². The highest BCUT2D eigenvalue weighted by Gasteiger charge is 2.12. The average Bonchev–Trinajstić information content (AvgIpc) is 2.73. The van der Waals surface area contributed by atoms with Crippen molar-refractivity contribution in [3.63, 3.8) is 0 Å². The highest BCUT2D eigenvalue weighted by atomic mass is 35.5. The third-order valence-corrected chi connectivity index (χ3v) is 4.42. The number of carbonyl (C=O) groups excluding carboxylic acids is 2. The number of nitrogens with one attached hydrogen (secondary N) is 2. The van der Waals surface area contributed by atoms with Gasteiger partial charge in [0.2, 0.25) is 0 Å². The van der Waals surface area contributed by atoms with Gasteiger partial charge < -0.3 is 16.4 Å². The third-order valence-electron chi connectivity index (χ3n) is 4.11. The van der Waals surface area contributed by atoms with Crippen LogP contribution in [-0.2, 0) is 13.1 Å². The Kier molecular flexibility index (Phi) is 6.37. The van der Waals surface area contributed by atoms with Gasteiger partial charge in [-0.15, -0.1) is 0 Å². The van der Waals surface area contributed by atoms with E-state index in [9.17, 15) is 9.59 Å². The van der Waals surface area contributed by atoms with Crippen LogP contribution < -0.4 is 16.4 Å². The van der Waals surface area contributed by atoms with Gasteiger partial charge in [0.15, 0.2) is 0 Å². The molecule has 0 aliphatic carbocycles. The fourth-order valence-electron chi connectivity index (χ4n) is 2.55. The second kappa shape index (κ2) is 9.12. The number of halogens is 1. The SMILES string of the molecule is NCc1ccc(CNC(=O)c2ccc(NC(=O)c3cccnc3)cc2Cl)cc1. The summed E-state index contributed by atoms with van der Waals surface area (Å²) in [7, 11) is 0. The quantitative estimate of drug-likeness (QED) is 0.597. The van der Waals surface area contributed by atoms with E-state index in [2.05, 4.69) is 15.6 Å². The number of benzene rings is 2. The summed E-state index contributed by atoms with van der Waals surface area (Å²) in [5.41, 5.74) is 8.82. The van der Waals surface area contributed by atoms with Crippen molar-refractivity contribution in [2.45, 2.75) is 13.1 Å². The molecule has 1 heterocycles. The molecule has 0 saturated carbocycles. The summed E-state index contributed by atoms with van der Waals surface area (Å²) in [6.07, 6.45) is 3.06. The molecular formula is C21H19ClN4O2. The zero-order chi connectivity index (χ0) is 19.9. The van der Waals surface area contributed by atoms with Crippen LogP contribution >= 0.6 is 11.6 Å². The zero-order valence-electron chi connectivity index (χ0n) is 15.0. The maximum Gasteiger partial charge on any atom is 0.257 e. The van der Waals surface area contributed by atoms with Crippen LogP contribution in [0.4, 0.5) is 5.69 Å². The number of rotatable bonds is 6. The van der Waals surface area contributed by atoms with Gasteiger partial charge in [0.05, 0.1) is 16.1 Å². The Bertz CT molecular complexity index is 975. The van der Waals surface area contributed by atoms with Crippen LogP contribution in [-0.4, -0.2) is 16.8 Å². The molecule has 3 aromatic rings. The molecule has 0 saturated heterocycles. The second-order valence-electron chi connectivity index (χ2n) is 6.09. The van der Waals surface area contributed by atoms with E-state index >= 15 is 0 Å². The van der Waals surface area contributed by atoms with Crippen molar-refractivity contribution >= 4 is 29.1 Å². The lowest BCUT2D eigenvalue weighted by Gasteiger charge is -2.10. The van der Waals surface area contributed by atoms with Crippen molar-refractivity contribution in [3.05, 3.63) is 94.3 Å². The first-order valence-corrected chi connectivity index (χ1v) is 9.01. The summed E-state index contributed by atoms with van der Waals surface area (Å²) >= 11 is 6.24. The Hall–Kier alpha value is -3.22. The Labute approximate surface area is 167 Å². The maximum atomic E-state index is 12.4. The van der Waals surface area contributed by atoms with Crippen molar-refractivity contribution < 1.29 is 9.59 Å². The van der Waals surface area contributed by atoms with Crippen LogP contribution in [0.1, 0.15) is 31.8 Å². The molecule has 0 aliphatic rings. The lowest BCUT2D eigenvalue weighted by molar-refractivity contribution is 0.0950. The number of aromatic nitrogens is 1. The first-order valence-electron chi connectivity index (χ1n) is 8.64. The molecule has 142 valence electrons. The molecule has 6 nitrogen and oxygen atoms in total. The molecular weight excluding hydrogens is 376 g/mol. The predicted molar refractivity (Wildman–Crippen MR) is 109 cm³/mol. The van der Waals surface area contributed by atoms with Gasteiger partial charge in [0, 0.05) is 31.2 Å². The lowest BCUT2D eigenvalue weighted by Crippen LogP contribution is -2.23. The molecule has 4 N–H and O–H groups in total. The normalized spacial score (nSPS) is 10.4. The number of anilines is 1. The number of hydrogen-bond acceptors (Lipinski definition) is 4. The third kappa shape index (κ3) is 4.94. The number of amides is 2. The molecule has 2 aromatic carbocycles. The predicted octanol–water partition coefficient (Wildman–Crippen LogP) is 3.38. The van der Waals surface area contributed by atoms with Crippen LogP contribution in [0.15, 0.2) is 67.0 Å². The van der Waals surface area contributed by atoms with E-state index in [0.29, 0.717) is 29.9 Å². The van der Waals surface area contributed by atoms with Gasteiger partial charge >= 0.3 is 0 Å². The van der Waals surface area contributed by atoms with Crippen LogP contribution in [0, 0.1) is 0 Å². The summed E-state index contributed by atoms with van der Waals surface area (Å²) in [4.78, 5) is 28.5.